The molecule has 1 fully saturated rings. The van der Waals surface area contributed by atoms with Gasteiger partial charge in [-0.2, -0.15) is 5.26 Å². The Morgan fingerprint density at radius 3 is 3.08 bits per heavy atom. The van der Waals surface area contributed by atoms with Crippen LogP contribution in [0.3, 0.4) is 0 Å². The fourth-order valence-corrected chi connectivity index (χ4v) is 2.57. The Balaban J connectivity index is 1.94. The first kappa shape index (κ1) is 17.6. The lowest BCUT2D eigenvalue weighted by Crippen LogP contribution is -2.37. The van der Waals surface area contributed by atoms with Crippen LogP contribution in [0.25, 0.3) is 0 Å². The average molecular weight is 331 g/mol. The Hall–Kier alpha value is -2.75. The second-order valence-electron chi connectivity index (χ2n) is 5.50. The fraction of sp³-hybridized carbons (Fsp3) is 0.471. The fourth-order valence-electron chi connectivity index (χ4n) is 2.57. The summed E-state index contributed by atoms with van der Waals surface area (Å²) in [5.41, 5.74) is 0.00562. The number of amides is 1. The molecule has 24 heavy (non-hydrogen) atoms. The summed E-state index contributed by atoms with van der Waals surface area (Å²) >= 11 is 0. The van der Waals surface area contributed by atoms with E-state index in [0.29, 0.717) is 25.5 Å². The number of carbonyl (C=O) groups excluding carboxylic acids is 2. The molecular weight excluding hydrogens is 310 g/mol. The summed E-state index contributed by atoms with van der Waals surface area (Å²) in [6.07, 6.45) is 4.61. The van der Waals surface area contributed by atoms with Gasteiger partial charge in [0.15, 0.2) is 0 Å². The summed E-state index contributed by atoms with van der Waals surface area (Å²) in [5, 5.41) is 11.9. The van der Waals surface area contributed by atoms with E-state index in [4.69, 9.17) is 9.15 Å². The van der Waals surface area contributed by atoms with Crippen molar-refractivity contribution in [1.82, 2.24) is 10.2 Å². The molecule has 0 radical (unpaired) electrons. The van der Waals surface area contributed by atoms with Gasteiger partial charge in [-0.25, -0.2) is 0 Å². The van der Waals surface area contributed by atoms with Crippen molar-refractivity contribution in [3.8, 4) is 6.07 Å². The summed E-state index contributed by atoms with van der Waals surface area (Å²) in [7, 11) is 0. The van der Waals surface area contributed by atoms with E-state index in [1.165, 1.54) is 12.5 Å². The van der Waals surface area contributed by atoms with Crippen LogP contribution in [-0.4, -0.2) is 36.5 Å². The van der Waals surface area contributed by atoms with Crippen LogP contribution >= 0.6 is 0 Å². The molecular formula is C17H21N3O4. The van der Waals surface area contributed by atoms with Crippen LogP contribution in [0, 0.1) is 17.2 Å². The van der Waals surface area contributed by atoms with Crippen molar-refractivity contribution in [3.05, 3.63) is 35.9 Å². The van der Waals surface area contributed by atoms with E-state index in [-0.39, 0.29) is 24.0 Å². The van der Waals surface area contributed by atoms with E-state index in [1.54, 1.807) is 19.1 Å². The second-order valence-corrected chi connectivity index (χ2v) is 5.50. The summed E-state index contributed by atoms with van der Waals surface area (Å²) in [5.74, 6) is -0.300. The lowest BCUT2D eigenvalue weighted by atomic mass is 9.98. The largest absolute Gasteiger partial charge is 0.467 e. The molecule has 0 aromatic carbocycles. The number of nitriles is 1. The number of hydrogen-bond acceptors (Lipinski definition) is 6. The highest BCUT2D eigenvalue weighted by Crippen LogP contribution is 2.19. The molecule has 1 aromatic heterocycles. The van der Waals surface area contributed by atoms with Gasteiger partial charge in [-0.15, -0.1) is 0 Å². The van der Waals surface area contributed by atoms with E-state index in [1.807, 2.05) is 11.0 Å². The Bertz CT molecular complexity index is 631. The minimum atomic E-state index is -0.466. The first-order valence-corrected chi connectivity index (χ1v) is 7.97. The molecule has 1 unspecified atom stereocenters. The molecule has 1 saturated heterocycles. The number of piperidine rings is 1. The van der Waals surface area contributed by atoms with Gasteiger partial charge in [0.2, 0.25) is 0 Å². The molecule has 1 amide bonds. The second kappa shape index (κ2) is 8.77. The van der Waals surface area contributed by atoms with Crippen molar-refractivity contribution in [2.24, 2.45) is 5.92 Å². The zero-order chi connectivity index (χ0) is 17.4. The van der Waals surface area contributed by atoms with Crippen LogP contribution in [0.4, 0.5) is 0 Å². The van der Waals surface area contributed by atoms with Gasteiger partial charge < -0.3 is 19.4 Å². The van der Waals surface area contributed by atoms with Crippen molar-refractivity contribution in [3.63, 3.8) is 0 Å². The van der Waals surface area contributed by atoms with Gasteiger partial charge in [0, 0.05) is 19.3 Å². The summed E-state index contributed by atoms with van der Waals surface area (Å²) < 4.78 is 10.2. The standard InChI is InChI=1S/C17H21N3O4/c1-2-23-17(22)13-5-3-7-20(11-13)12-14(9-18)16(21)19-10-15-6-4-8-24-15/h4,6,8,12-13H,2-3,5,7,10-11H2,1H3,(H,19,21)/b14-12-. The Morgan fingerprint density at radius 2 is 2.42 bits per heavy atom. The Kier molecular flexibility index (Phi) is 6.43. The smallest absolute Gasteiger partial charge is 0.310 e. The number of furan rings is 1. The zero-order valence-electron chi connectivity index (χ0n) is 13.7. The van der Waals surface area contributed by atoms with E-state index < -0.39 is 5.91 Å². The number of nitrogens with zero attached hydrogens (tertiary/aromatic N) is 2. The van der Waals surface area contributed by atoms with Gasteiger partial charge in [0.25, 0.3) is 5.91 Å². The molecule has 1 N–H and O–H groups in total. The lowest BCUT2D eigenvalue weighted by Gasteiger charge is -2.30. The predicted molar refractivity (Wildman–Crippen MR) is 85.2 cm³/mol. The van der Waals surface area contributed by atoms with Crippen LogP contribution < -0.4 is 5.32 Å². The quantitative estimate of drug-likeness (QED) is 0.483. The SMILES string of the molecule is CCOC(=O)C1CCCN(/C=C(/C#N)C(=O)NCc2ccco2)C1. The van der Waals surface area contributed by atoms with Crippen molar-refractivity contribution >= 4 is 11.9 Å². The van der Waals surface area contributed by atoms with Crippen molar-refractivity contribution in [2.45, 2.75) is 26.3 Å². The van der Waals surface area contributed by atoms with Crippen molar-refractivity contribution < 1.29 is 18.7 Å². The molecule has 7 nitrogen and oxygen atoms in total. The highest BCUT2D eigenvalue weighted by atomic mass is 16.5. The predicted octanol–water partition coefficient (Wildman–Crippen LogP) is 1.58. The van der Waals surface area contributed by atoms with Gasteiger partial charge in [0.05, 0.1) is 25.3 Å². The molecule has 7 heteroatoms. The molecule has 1 aromatic rings. The van der Waals surface area contributed by atoms with Gasteiger partial charge in [-0.1, -0.05) is 0 Å². The Labute approximate surface area is 140 Å². The molecule has 2 rings (SSSR count). The van der Waals surface area contributed by atoms with Crippen LogP contribution in [0.5, 0.6) is 0 Å². The molecule has 0 saturated carbocycles. The van der Waals surface area contributed by atoms with Crippen LogP contribution in [0.1, 0.15) is 25.5 Å². The first-order valence-electron chi connectivity index (χ1n) is 7.97. The average Bonchev–Trinajstić information content (AvgIpc) is 3.11. The van der Waals surface area contributed by atoms with Crippen LogP contribution in [0.2, 0.25) is 0 Å². The third-order valence-corrected chi connectivity index (χ3v) is 3.75. The molecule has 0 spiro atoms. The minimum Gasteiger partial charge on any atom is -0.467 e. The molecule has 1 atom stereocenters. The maximum Gasteiger partial charge on any atom is 0.310 e. The highest BCUT2D eigenvalue weighted by molar-refractivity contribution is 5.97. The van der Waals surface area contributed by atoms with E-state index in [0.717, 1.165) is 12.8 Å². The number of esters is 1. The third kappa shape index (κ3) is 4.88. The highest BCUT2D eigenvalue weighted by Gasteiger charge is 2.26. The number of hydrogen-bond donors (Lipinski definition) is 1. The summed E-state index contributed by atoms with van der Waals surface area (Å²) in [6.45, 7) is 3.50. The number of rotatable bonds is 6. The van der Waals surface area contributed by atoms with Gasteiger partial charge in [0.1, 0.15) is 17.4 Å². The third-order valence-electron chi connectivity index (χ3n) is 3.75. The maximum atomic E-state index is 12.1. The number of likely N-dealkylation sites (tertiary alicyclic amines) is 1. The minimum absolute atomic E-state index is 0.00562. The monoisotopic (exact) mass is 331 g/mol. The van der Waals surface area contributed by atoms with E-state index in [9.17, 15) is 14.9 Å². The lowest BCUT2D eigenvalue weighted by molar-refractivity contribution is -0.149. The summed E-state index contributed by atoms with van der Waals surface area (Å²) in [6, 6.07) is 5.38. The van der Waals surface area contributed by atoms with Crippen molar-refractivity contribution in [2.75, 3.05) is 19.7 Å². The van der Waals surface area contributed by atoms with Gasteiger partial charge in [-0.05, 0) is 31.9 Å². The first-order chi connectivity index (χ1) is 11.6. The maximum absolute atomic E-state index is 12.1. The Morgan fingerprint density at radius 1 is 1.58 bits per heavy atom. The zero-order valence-corrected chi connectivity index (χ0v) is 13.7. The number of ether oxygens (including phenoxy) is 1. The molecule has 1 aliphatic heterocycles. The van der Waals surface area contributed by atoms with Crippen molar-refractivity contribution in [1.29, 1.82) is 5.26 Å². The molecule has 1 aliphatic rings. The normalized spacial score (nSPS) is 17.9. The van der Waals surface area contributed by atoms with E-state index in [2.05, 4.69) is 5.32 Å². The van der Waals surface area contributed by atoms with Gasteiger partial charge >= 0.3 is 5.97 Å². The van der Waals surface area contributed by atoms with Crippen LogP contribution in [0.15, 0.2) is 34.6 Å². The van der Waals surface area contributed by atoms with Crippen LogP contribution in [-0.2, 0) is 20.9 Å². The van der Waals surface area contributed by atoms with Gasteiger partial charge in [-0.3, -0.25) is 9.59 Å². The molecule has 128 valence electrons. The molecule has 2 heterocycles. The number of carbonyl (C=O) groups is 2. The van der Waals surface area contributed by atoms with E-state index >= 15 is 0 Å². The summed E-state index contributed by atoms with van der Waals surface area (Å²) in [4.78, 5) is 25.8. The molecule has 0 bridgehead atoms. The molecule has 0 aliphatic carbocycles. The topological polar surface area (TPSA) is 95.6 Å². The number of nitrogens with one attached hydrogen (secondary N) is 1.